The lowest BCUT2D eigenvalue weighted by Crippen LogP contribution is -2.39. The Bertz CT molecular complexity index is 523. The van der Waals surface area contributed by atoms with Crippen molar-refractivity contribution in [3.63, 3.8) is 0 Å². The maximum Gasteiger partial charge on any atom is 0.227 e. The first-order valence-electron chi connectivity index (χ1n) is 7.22. The normalized spacial score (nSPS) is 21.2. The Morgan fingerprint density at radius 3 is 2.77 bits per heavy atom. The largest absolute Gasteiger partial charge is 0.496 e. The molecule has 5 nitrogen and oxygen atoms in total. The molecule has 122 valence electrons. The molecule has 1 amide bonds. The second-order valence-corrected chi connectivity index (χ2v) is 5.82. The van der Waals surface area contributed by atoms with Crippen molar-refractivity contribution < 1.29 is 19.0 Å². The first kappa shape index (κ1) is 17.1. The van der Waals surface area contributed by atoms with E-state index in [1.165, 1.54) is 0 Å². The van der Waals surface area contributed by atoms with Gasteiger partial charge >= 0.3 is 0 Å². The molecule has 1 saturated heterocycles. The Morgan fingerprint density at radius 2 is 2.14 bits per heavy atom. The van der Waals surface area contributed by atoms with Crippen molar-refractivity contribution in [1.29, 1.82) is 0 Å². The van der Waals surface area contributed by atoms with E-state index in [4.69, 9.17) is 25.8 Å². The van der Waals surface area contributed by atoms with E-state index in [-0.39, 0.29) is 24.5 Å². The number of carbonyl (C=O) groups excluding carboxylic acids is 1. The zero-order valence-corrected chi connectivity index (χ0v) is 13.9. The standard InChI is InChI=1S/C16H22ClNO4/c1-20-10-13-8-14(21-2)9-18(13)16(19)7-11-6-12(17)4-5-15(11)22-3/h4-6,13-14H,7-10H2,1-3H3/t13-,14-/m0/s1. The monoisotopic (exact) mass is 327 g/mol. The van der Waals surface area contributed by atoms with Crippen LogP contribution in [0.5, 0.6) is 5.75 Å². The van der Waals surface area contributed by atoms with Gasteiger partial charge in [-0.3, -0.25) is 4.79 Å². The number of hydrogen-bond acceptors (Lipinski definition) is 4. The van der Waals surface area contributed by atoms with E-state index < -0.39 is 0 Å². The van der Waals surface area contributed by atoms with Crippen molar-refractivity contribution in [3.05, 3.63) is 28.8 Å². The Labute approximate surface area is 136 Å². The van der Waals surface area contributed by atoms with Crippen LogP contribution < -0.4 is 4.74 Å². The summed E-state index contributed by atoms with van der Waals surface area (Å²) in [6.07, 6.45) is 1.11. The van der Waals surface area contributed by atoms with Crippen molar-refractivity contribution in [3.8, 4) is 5.75 Å². The third-order valence-corrected chi connectivity index (χ3v) is 4.21. The van der Waals surface area contributed by atoms with Gasteiger partial charge in [-0.1, -0.05) is 11.6 Å². The van der Waals surface area contributed by atoms with Gasteiger partial charge in [0.1, 0.15) is 5.75 Å². The molecule has 0 bridgehead atoms. The van der Waals surface area contributed by atoms with E-state index in [2.05, 4.69) is 0 Å². The van der Waals surface area contributed by atoms with E-state index in [0.29, 0.717) is 23.9 Å². The van der Waals surface area contributed by atoms with Gasteiger partial charge in [0.2, 0.25) is 5.91 Å². The lowest BCUT2D eigenvalue weighted by atomic mass is 10.1. The summed E-state index contributed by atoms with van der Waals surface area (Å²) < 4.78 is 15.9. The Hall–Kier alpha value is -1.30. The summed E-state index contributed by atoms with van der Waals surface area (Å²) in [4.78, 5) is 14.5. The molecule has 1 aromatic rings. The summed E-state index contributed by atoms with van der Waals surface area (Å²) in [5.41, 5.74) is 0.789. The summed E-state index contributed by atoms with van der Waals surface area (Å²) >= 11 is 6.02. The van der Waals surface area contributed by atoms with Gasteiger partial charge in [0.15, 0.2) is 0 Å². The highest BCUT2D eigenvalue weighted by molar-refractivity contribution is 6.30. The number of benzene rings is 1. The number of amides is 1. The fourth-order valence-electron chi connectivity index (χ4n) is 2.85. The van der Waals surface area contributed by atoms with E-state index >= 15 is 0 Å². The van der Waals surface area contributed by atoms with Crippen LogP contribution in [0.4, 0.5) is 0 Å². The fourth-order valence-corrected chi connectivity index (χ4v) is 3.04. The number of hydrogen-bond donors (Lipinski definition) is 0. The summed E-state index contributed by atoms with van der Waals surface area (Å²) in [5.74, 6) is 0.700. The van der Waals surface area contributed by atoms with Crippen LogP contribution in [0.2, 0.25) is 5.02 Å². The number of carbonyl (C=O) groups is 1. The van der Waals surface area contributed by atoms with Gasteiger partial charge in [0.05, 0.1) is 32.3 Å². The van der Waals surface area contributed by atoms with Crippen LogP contribution in [0.15, 0.2) is 18.2 Å². The zero-order chi connectivity index (χ0) is 16.1. The number of ether oxygens (including phenoxy) is 3. The van der Waals surface area contributed by atoms with E-state index in [1.54, 1.807) is 39.5 Å². The average Bonchev–Trinajstić information content (AvgIpc) is 2.91. The highest BCUT2D eigenvalue weighted by Gasteiger charge is 2.35. The maximum atomic E-state index is 12.7. The summed E-state index contributed by atoms with van der Waals surface area (Å²) in [7, 11) is 4.90. The minimum absolute atomic E-state index is 0.0298. The van der Waals surface area contributed by atoms with Gasteiger partial charge in [0.25, 0.3) is 0 Å². The summed E-state index contributed by atoms with van der Waals surface area (Å²) in [6.45, 7) is 1.10. The van der Waals surface area contributed by atoms with Crippen molar-refractivity contribution in [2.75, 3.05) is 34.5 Å². The lowest BCUT2D eigenvalue weighted by Gasteiger charge is -2.24. The molecule has 1 fully saturated rings. The van der Waals surface area contributed by atoms with Crippen LogP contribution in [-0.4, -0.2) is 57.4 Å². The molecule has 0 spiro atoms. The van der Waals surface area contributed by atoms with E-state index in [0.717, 1.165) is 12.0 Å². The number of rotatable bonds is 6. The van der Waals surface area contributed by atoms with Gasteiger partial charge in [0, 0.05) is 31.4 Å². The fraction of sp³-hybridized carbons (Fsp3) is 0.562. The molecule has 1 heterocycles. The Balaban J connectivity index is 2.12. The molecule has 2 atom stereocenters. The van der Waals surface area contributed by atoms with Gasteiger partial charge < -0.3 is 19.1 Å². The van der Waals surface area contributed by atoms with Crippen molar-refractivity contribution in [2.24, 2.45) is 0 Å². The first-order chi connectivity index (χ1) is 10.6. The highest BCUT2D eigenvalue weighted by Crippen LogP contribution is 2.26. The summed E-state index contributed by atoms with van der Waals surface area (Å²) in [6, 6.07) is 5.35. The quantitative estimate of drug-likeness (QED) is 0.803. The Morgan fingerprint density at radius 1 is 1.36 bits per heavy atom. The molecule has 1 aromatic carbocycles. The van der Waals surface area contributed by atoms with Crippen LogP contribution >= 0.6 is 11.6 Å². The smallest absolute Gasteiger partial charge is 0.227 e. The zero-order valence-electron chi connectivity index (χ0n) is 13.2. The van der Waals surface area contributed by atoms with Gasteiger partial charge in [-0.25, -0.2) is 0 Å². The van der Waals surface area contributed by atoms with Gasteiger partial charge in [-0.15, -0.1) is 0 Å². The van der Waals surface area contributed by atoms with Crippen molar-refractivity contribution in [1.82, 2.24) is 4.90 Å². The second-order valence-electron chi connectivity index (χ2n) is 5.38. The lowest BCUT2D eigenvalue weighted by molar-refractivity contribution is -0.132. The SMILES string of the molecule is COC[C@@H]1C[C@H](OC)CN1C(=O)Cc1cc(Cl)ccc1OC. The Kier molecular flexibility index (Phi) is 6.06. The van der Waals surface area contributed by atoms with Crippen LogP contribution in [0, 0.1) is 0 Å². The predicted octanol–water partition coefficient (Wildman–Crippen LogP) is 2.15. The molecule has 2 rings (SSSR count). The molecule has 22 heavy (non-hydrogen) atoms. The molecule has 6 heteroatoms. The second kappa shape index (κ2) is 7.81. The van der Waals surface area contributed by atoms with Gasteiger partial charge in [-0.2, -0.15) is 0 Å². The molecule has 0 radical (unpaired) electrons. The first-order valence-corrected chi connectivity index (χ1v) is 7.60. The molecule has 1 aliphatic rings. The van der Waals surface area contributed by atoms with E-state index in [1.807, 2.05) is 4.90 Å². The molecule has 0 aromatic heterocycles. The molecule has 1 aliphatic heterocycles. The predicted molar refractivity (Wildman–Crippen MR) is 84.5 cm³/mol. The minimum atomic E-state index is 0.0298. The minimum Gasteiger partial charge on any atom is -0.496 e. The maximum absolute atomic E-state index is 12.7. The van der Waals surface area contributed by atoms with Crippen LogP contribution in [0.3, 0.4) is 0 Å². The molecular weight excluding hydrogens is 306 g/mol. The van der Waals surface area contributed by atoms with Crippen molar-refractivity contribution >= 4 is 17.5 Å². The summed E-state index contributed by atoms with van der Waals surface area (Å²) in [5, 5.41) is 0.591. The van der Waals surface area contributed by atoms with Gasteiger partial charge in [-0.05, 0) is 24.6 Å². The number of likely N-dealkylation sites (tertiary alicyclic amines) is 1. The van der Waals surface area contributed by atoms with Crippen LogP contribution in [0.1, 0.15) is 12.0 Å². The molecule has 0 saturated carbocycles. The highest BCUT2D eigenvalue weighted by atomic mass is 35.5. The number of nitrogens with zero attached hydrogens (tertiary/aromatic N) is 1. The number of methoxy groups -OCH3 is 3. The topological polar surface area (TPSA) is 48.0 Å². The van der Waals surface area contributed by atoms with Crippen LogP contribution in [-0.2, 0) is 20.7 Å². The van der Waals surface area contributed by atoms with E-state index in [9.17, 15) is 4.79 Å². The van der Waals surface area contributed by atoms with Crippen molar-refractivity contribution in [2.45, 2.75) is 25.0 Å². The number of halogens is 1. The molecule has 0 N–H and O–H groups in total. The third kappa shape index (κ3) is 3.91. The average molecular weight is 328 g/mol. The molecular formula is C16H22ClNO4. The molecule has 0 unspecified atom stereocenters. The van der Waals surface area contributed by atoms with Crippen LogP contribution in [0.25, 0.3) is 0 Å². The molecule has 0 aliphatic carbocycles. The third-order valence-electron chi connectivity index (χ3n) is 3.97.